The second-order valence-corrected chi connectivity index (χ2v) is 7.83. The van der Waals surface area contributed by atoms with Crippen LogP contribution in [0.25, 0.3) is 0 Å². The Bertz CT molecular complexity index is 580. The van der Waals surface area contributed by atoms with E-state index in [-0.39, 0.29) is 5.75 Å². The van der Waals surface area contributed by atoms with Crippen LogP contribution in [-0.4, -0.2) is 42.3 Å². The molecule has 6 heteroatoms. The molecule has 21 heavy (non-hydrogen) atoms. The summed E-state index contributed by atoms with van der Waals surface area (Å²) in [6.45, 7) is 5.08. The summed E-state index contributed by atoms with van der Waals surface area (Å²) >= 11 is 0. The van der Waals surface area contributed by atoms with Crippen molar-refractivity contribution in [3.8, 4) is 5.75 Å². The van der Waals surface area contributed by atoms with Gasteiger partial charge < -0.3 is 5.11 Å². The molecule has 1 aromatic carbocycles. The molecule has 0 spiro atoms. The molecule has 1 N–H and O–H groups in total. The molecule has 1 aliphatic rings. The number of hydrogen-bond acceptors (Lipinski definition) is 3. The van der Waals surface area contributed by atoms with Crippen molar-refractivity contribution >= 4 is 10.2 Å². The lowest BCUT2D eigenvalue weighted by Gasteiger charge is -2.35. The third-order valence-electron chi connectivity index (χ3n) is 4.37. The smallest absolute Gasteiger partial charge is 0.282 e. The highest BCUT2D eigenvalue weighted by Gasteiger charge is 2.33. The Hall–Kier alpha value is -1.11. The highest BCUT2D eigenvalue weighted by Crippen LogP contribution is 2.30. The quantitative estimate of drug-likeness (QED) is 0.928. The number of aromatic hydroxyl groups is 1. The van der Waals surface area contributed by atoms with Gasteiger partial charge in [-0.1, -0.05) is 25.1 Å². The lowest BCUT2D eigenvalue weighted by atomic mass is 10.0. The van der Waals surface area contributed by atoms with E-state index < -0.39 is 16.3 Å². The molecule has 1 aromatic rings. The van der Waals surface area contributed by atoms with Crippen LogP contribution in [0.15, 0.2) is 24.3 Å². The molecular weight excluding hydrogens is 288 g/mol. The van der Waals surface area contributed by atoms with Crippen molar-refractivity contribution in [2.24, 2.45) is 5.92 Å². The molecule has 0 bridgehead atoms. The minimum absolute atomic E-state index is 0.124. The lowest BCUT2D eigenvalue weighted by Crippen LogP contribution is -2.46. The number of para-hydroxylation sites is 1. The Labute approximate surface area is 127 Å². The highest BCUT2D eigenvalue weighted by molar-refractivity contribution is 7.86. The first-order valence-electron chi connectivity index (χ1n) is 7.35. The zero-order chi connectivity index (χ0) is 15.6. The van der Waals surface area contributed by atoms with Gasteiger partial charge in [0.1, 0.15) is 5.75 Å². The predicted octanol–water partition coefficient (Wildman–Crippen LogP) is 2.36. The fourth-order valence-corrected chi connectivity index (χ4v) is 4.18. The third-order valence-corrected chi connectivity index (χ3v) is 6.43. The van der Waals surface area contributed by atoms with Crippen molar-refractivity contribution in [2.75, 3.05) is 20.1 Å². The van der Waals surface area contributed by atoms with Crippen molar-refractivity contribution in [3.63, 3.8) is 0 Å². The summed E-state index contributed by atoms with van der Waals surface area (Å²) < 4.78 is 28.3. The number of benzene rings is 1. The van der Waals surface area contributed by atoms with Gasteiger partial charge in [0, 0.05) is 25.7 Å². The van der Waals surface area contributed by atoms with Crippen LogP contribution in [-0.2, 0) is 10.2 Å². The van der Waals surface area contributed by atoms with Gasteiger partial charge in [-0.05, 0) is 31.7 Å². The minimum Gasteiger partial charge on any atom is -0.508 e. The van der Waals surface area contributed by atoms with E-state index in [1.807, 2.05) is 0 Å². The van der Waals surface area contributed by atoms with Crippen LogP contribution < -0.4 is 0 Å². The predicted molar refractivity (Wildman–Crippen MR) is 83.2 cm³/mol. The summed E-state index contributed by atoms with van der Waals surface area (Å²) in [7, 11) is -1.92. The highest BCUT2D eigenvalue weighted by atomic mass is 32.2. The van der Waals surface area contributed by atoms with E-state index in [1.165, 1.54) is 4.31 Å². The van der Waals surface area contributed by atoms with E-state index >= 15 is 0 Å². The molecule has 0 amide bonds. The van der Waals surface area contributed by atoms with Crippen LogP contribution in [0.2, 0.25) is 0 Å². The largest absolute Gasteiger partial charge is 0.508 e. The minimum atomic E-state index is -3.49. The van der Waals surface area contributed by atoms with E-state index in [2.05, 4.69) is 6.92 Å². The van der Waals surface area contributed by atoms with Gasteiger partial charge in [0.2, 0.25) is 0 Å². The monoisotopic (exact) mass is 312 g/mol. The maximum Gasteiger partial charge on any atom is 0.282 e. The fourth-order valence-electron chi connectivity index (χ4n) is 2.63. The average molecular weight is 312 g/mol. The van der Waals surface area contributed by atoms with Gasteiger partial charge in [0.15, 0.2) is 0 Å². The van der Waals surface area contributed by atoms with Gasteiger partial charge in [-0.3, -0.25) is 0 Å². The van der Waals surface area contributed by atoms with Crippen molar-refractivity contribution in [3.05, 3.63) is 29.8 Å². The van der Waals surface area contributed by atoms with E-state index in [4.69, 9.17) is 0 Å². The number of rotatable bonds is 4. The maximum atomic E-state index is 12.7. The third kappa shape index (κ3) is 3.39. The van der Waals surface area contributed by atoms with Crippen LogP contribution in [0, 0.1) is 5.92 Å². The maximum absolute atomic E-state index is 12.7. The number of phenolic OH excluding ortho intramolecular Hbond substituents is 1. The number of hydrogen-bond donors (Lipinski definition) is 1. The molecule has 0 aliphatic carbocycles. The van der Waals surface area contributed by atoms with Crippen LogP contribution in [0.3, 0.4) is 0 Å². The van der Waals surface area contributed by atoms with Crippen LogP contribution in [0.4, 0.5) is 0 Å². The Balaban J connectivity index is 2.18. The SMILES string of the molecule is CC1CCN(S(=O)(=O)N(C)C(C)c2ccccc2O)CC1. The lowest BCUT2D eigenvalue weighted by molar-refractivity contribution is 0.260. The number of piperidine rings is 1. The van der Waals surface area contributed by atoms with Crippen LogP contribution in [0.1, 0.15) is 38.3 Å². The number of phenols is 1. The summed E-state index contributed by atoms with van der Waals surface area (Å²) in [6.07, 6.45) is 1.80. The summed E-state index contributed by atoms with van der Waals surface area (Å²) in [5.74, 6) is 0.705. The Morgan fingerprint density at radius 3 is 2.43 bits per heavy atom. The topological polar surface area (TPSA) is 60.9 Å². The molecule has 0 radical (unpaired) electrons. The van der Waals surface area contributed by atoms with Crippen molar-refractivity contribution in [1.29, 1.82) is 0 Å². The molecule has 1 fully saturated rings. The molecule has 118 valence electrons. The normalized spacial score (nSPS) is 19.8. The molecule has 5 nitrogen and oxygen atoms in total. The zero-order valence-electron chi connectivity index (χ0n) is 12.9. The zero-order valence-corrected chi connectivity index (χ0v) is 13.7. The van der Waals surface area contributed by atoms with Crippen molar-refractivity contribution in [1.82, 2.24) is 8.61 Å². The molecular formula is C15H24N2O3S. The number of nitrogens with zero attached hydrogens (tertiary/aromatic N) is 2. The van der Waals surface area contributed by atoms with E-state index in [0.29, 0.717) is 24.6 Å². The second-order valence-electron chi connectivity index (χ2n) is 5.84. The van der Waals surface area contributed by atoms with Crippen molar-refractivity contribution in [2.45, 2.75) is 32.7 Å². The molecule has 1 atom stereocenters. The molecule has 1 saturated heterocycles. The van der Waals surface area contributed by atoms with Gasteiger partial charge in [-0.15, -0.1) is 0 Å². The van der Waals surface area contributed by atoms with Crippen LogP contribution in [0.5, 0.6) is 5.75 Å². The van der Waals surface area contributed by atoms with Crippen LogP contribution >= 0.6 is 0 Å². The molecule has 2 rings (SSSR count). The van der Waals surface area contributed by atoms with E-state index in [0.717, 1.165) is 12.8 Å². The summed E-state index contributed by atoms with van der Waals surface area (Å²) in [5.41, 5.74) is 0.619. The Kier molecular flexibility index (Phi) is 4.91. The summed E-state index contributed by atoms with van der Waals surface area (Å²) in [5, 5.41) is 9.91. The molecule has 0 saturated carbocycles. The van der Waals surface area contributed by atoms with E-state index in [9.17, 15) is 13.5 Å². The van der Waals surface area contributed by atoms with Crippen molar-refractivity contribution < 1.29 is 13.5 Å². The van der Waals surface area contributed by atoms with Gasteiger partial charge in [-0.2, -0.15) is 17.0 Å². The summed E-state index contributed by atoms with van der Waals surface area (Å²) in [6, 6.07) is 6.45. The van der Waals surface area contributed by atoms with E-state index in [1.54, 1.807) is 42.5 Å². The fraction of sp³-hybridized carbons (Fsp3) is 0.600. The molecule has 1 heterocycles. The summed E-state index contributed by atoms with van der Waals surface area (Å²) in [4.78, 5) is 0. The molecule has 1 unspecified atom stereocenters. The average Bonchev–Trinajstić information content (AvgIpc) is 2.46. The first-order chi connectivity index (χ1) is 9.84. The molecule has 0 aromatic heterocycles. The Morgan fingerprint density at radius 2 is 1.86 bits per heavy atom. The van der Waals surface area contributed by atoms with Gasteiger partial charge >= 0.3 is 0 Å². The van der Waals surface area contributed by atoms with Gasteiger partial charge in [0.25, 0.3) is 10.2 Å². The molecule has 1 aliphatic heterocycles. The van der Waals surface area contributed by atoms with Gasteiger partial charge in [-0.25, -0.2) is 0 Å². The Morgan fingerprint density at radius 1 is 1.29 bits per heavy atom. The first kappa shape index (κ1) is 16.3. The first-order valence-corrected chi connectivity index (χ1v) is 8.74. The van der Waals surface area contributed by atoms with Gasteiger partial charge in [0.05, 0.1) is 6.04 Å². The second kappa shape index (κ2) is 6.34. The standard InChI is InChI=1S/C15H24N2O3S/c1-12-8-10-17(11-9-12)21(19,20)16(3)13(2)14-6-4-5-7-15(14)18/h4-7,12-13,18H,8-11H2,1-3H3.